The summed E-state index contributed by atoms with van der Waals surface area (Å²) in [7, 11) is 0. The molecule has 0 unspecified atom stereocenters. The summed E-state index contributed by atoms with van der Waals surface area (Å²) in [5.41, 5.74) is 0.575. The van der Waals surface area contributed by atoms with Gasteiger partial charge in [0.1, 0.15) is 0 Å². The molecule has 0 aliphatic carbocycles. The Morgan fingerprint density at radius 1 is 0.622 bits per heavy atom. The summed E-state index contributed by atoms with van der Waals surface area (Å²) >= 11 is 0. The molecule has 0 radical (unpaired) electrons. The molecule has 0 bridgehead atoms. The van der Waals surface area contributed by atoms with E-state index < -0.39 is 94.5 Å². The lowest BCUT2D eigenvalue weighted by atomic mass is 9.73. The van der Waals surface area contributed by atoms with Crippen molar-refractivity contribution in [1.82, 2.24) is 0 Å². The largest absolute Gasteiger partial charge is 0.309 e. The SMILES string of the molecule is [2H]c1c([2H])c([2H])c(N2C(=O)c3c([2H])c([2H])c([2H])c4c(N5c6ccccc6C(C)(C)c6ccccc65)c([2H])c([2H])c(c34)C2=O)c([2H])c1[2H]. The van der Waals surface area contributed by atoms with Crippen molar-refractivity contribution in [3.8, 4) is 0 Å². The van der Waals surface area contributed by atoms with Crippen LogP contribution >= 0.6 is 0 Å². The maximum absolute atomic E-state index is 14.3. The molecule has 178 valence electrons. The third-order valence-corrected chi connectivity index (χ3v) is 7.07. The minimum Gasteiger partial charge on any atom is -0.309 e. The van der Waals surface area contributed by atoms with Crippen molar-refractivity contribution in [2.45, 2.75) is 19.3 Å². The van der Waals surface area contributed by atoms with Gasteiger partial charge in [-0.3, -0.25) is 9.59 Å². The third kappa shape index (κ3) is 2.90. The van der Waals surface area contributed by atoms with Crippen molar-refractivity contribution in [3.63, 3.8) is 0 Å². The van der Waals surface area contributed by atoms with Crippen molar-refractivity contribution >= 4 is 45.3 Å². The second-order valence-corrected chi connectivity index (χ2v) is 9.39. The van der Waals surface area contributed by atoms with Crippen molar-refractivity contribution in [1.29, 1.82) is 0 Å². The molecule has 2 amide bonds. The van der Waals surface area contributed by atoms with Crippen molar-refractivity contribution in [2.75, 3.05) is 9.80 Å². The Kier molecular flexibility index (Phi) is 2.80. The molecule has 2 heterocycles. The maximum Gasteiger partial charge on any atom is 0.265 e. The number of fused-ring (bicyclic) bond motifs is 2. The van der Waals surface area contributed by atoms with E-state index >= 15 is 0 Å². The summed E-state index contributed by atoms with van der Waals surface area (Å²) in [4.78, 5) is 30.5. The monoisotopic (exact) mass is 490 g/mol. The van der Waals surface area contributed by atoms with Gasteiger partial charge in [-0.2, -0.15) is 0 Å². The molecule has 4 heteroatoms. The predicted molar refractivity (Wildman–Crippen MR) is 148 cm³/mol. The maximum atomic E-state index is 14.3. The number of amides is 2. The van der Waals surface area contributed by atoms with Crippen LogP contribution in [0.25, 0.3) is 10.8 Å². The van der Waals surface area contributed by atoms with Crippen LogP contribution in [0.1, 0.15) is 59.4 Å². The molecule has 0 fully saturated rings. The highest BCUT2D eigenvalue weighted by Gasteiger charge is 2.39. The number of carbonyl (C=O) groups excluding carboxylic acids is 2. The molecule has 7 rings (SSSR count). The molecule has 5 aromatic carbocycles. The van der Waals surface area contributed by atoms with Crippen LogP contribution in [0.3, 0.4) is 0 Å². The average Bonchev–Trinajstić information content (AvgIpc) is 3.05. The van der Waals surface area contributed by atoms with E-state index in [0.717, 1.165) is 11.1 Å². The van der Waals surface area contributed by atoms with E-state index in [4.69, 9.17) is 12.3 Å². The van der Waals surface area contributed by atoms with Gasteiger partial charge >= 0.3 is 0 Å². The molecule has 0 N–H and O–H groups in total. The number of rotatable bonds is 2. The highest BCUT2D eigenvalue weighted by molar-refractivity contribution is 6.36. The summed E-state index contributed by atoms with van der Waals surface area (Å²) in [5.74, 6) is -2.48. The number of imide groups is 1. The minimum atomic E-state index is -1.24. The van der Waals surface area contributed by atoms with Gasteiger partial charge < -0.3 is 4.90 Å². The van der Waals surface area contributed by atoms with E-state index in [1.165, 1.54) is 0 Å². The van der Waals surface area contributed by atoms with Crippen molar-refractivity contribution < 1.29 is 23.3 Å². The number of para-hydroxylation sites is 3. The quantitative estimate of drug-likeness (QED) is 0.238. The van der Waals surface area contributed by atoms with E-state index in [2.05, 4.69) is 0 Å². The van der Waals surface area contributed by atoms with E-state index in [-0.39, 0.29) is 16.5 Å². The molecule has 2 aliphatic rings. The van der Waals surface area contributed by atoms with E-state index in [9.17, 15) is 11.0 Å². The lowest BCUT2D eigenvalue weighted by Gasteiger charge is -2.42. The Bertz CT molecular complexity index is 2200. The molecule has 0 aromatic heterocycles. The predicted octanol–water partition coefficient (Wildman–Crippen LogP) is 7.75. The Morgan fingerprint density at radius 2 is 1.22 bits per heavy atom. The number of benzene rings is 5. The molecular weight excluding hydrogens is 456 g/mol. The second kappa shape index (κ2) is 7.65. The first kappa shape index (κ1) is 13.6. The number of anilines is 4. The van der Waals surface area contributed by atoms with Gasteiger partial charge in [-0.15, -0.1) is 0 Å². The van der Waals surface area contributed by atoms with Crippen molar-refractivity contribution in [2.24, 2.45) is 0 Å². The number of carbonyl (C=O) groups is 2. The fourth-order valence-corrected chi connectivity index (χ4v) is 5.35. The Balaban J connectivity index is 1.63. The zero-order chi connectivity index (χ0) is 34.0. The molecule has 0 spiro atoms. The van der Waals surface area contributed by atoms with Gasteiger partial charge in [-0.05, 0) is 53.5 Å². The van der Waals surface area contributed by atoms with Gasteiger partial charge in [0.15, 0.2) is 0 Å². The van der Waals surface area contributed by atoms with Crippen LogP contribution in [-0.2, 0) is 5.41 Å². The van der Waals surface area contributed by atoms with Crippen LogP contribution in [0.15, 0.2) is 109 Å². The fraction of sp³-hybridized carbons (Fsp3) is 0.0909. The van der Waals surface area contributed by atoms with E-state index in [1.54, 1.807) is 17.0 Å². The van der Waals surface area contributed by atoms with E-state index in [0.29, 0.717) is 16.3 Å². The number of hydrogen-bond acceptors (Lipinski definition) is 3. The van der Waals surface area contributed by atoms with Gasteiger partial charge in [-0.1, -0.05) is 80.5 Å². The van der Waals surface area contributed by atoms with Gasteiger partial charge in [0.05, 0.1) is 36.5 Å². The van der Waals surface area contributed by atoms with Gasteiger partial charge in [-0.25, -0.2) is 4.90 Å². The van der Waals surface area contributed by atoms with Crippen LogP contribution in [0, 0.1) is 0 Å². The lowest BCUT2D eigenvalue weighted by molar-refractivity contribution is 0.0893. The normalized spacial score (nSPS) is 19.3. The summed E-state index contributed by atoms with van der Waals surface area (Å²) < 4.78 is 86.0. The van der Waals surface area contributed by atoms with Gasteiger partial charge in [0.2, 0.25) is 0 Å². The summed E-state index contributed by atoms with van der Waals surface area (Å²) in [6, 6.07) is 7.68. The lowest BCUT2D eigenvalue weighted by Crippen LogP contribution is -2.40. The highest BCUT2D eigenvalue weighted by atomic mass is 16.2. The summed E-state index contributed by atoms with van der Waals surface area (Å²) in [6.45, 7) is 4.10. The molecule has 5 aromatic rings. The number of hydrogen-bond donors (Lipinski definition) is 0. The van der Waals surface area contributed by atoms with Crippen LogP contribution in [-0.4, -0.2) is 11.8 Å². The second-order valence-electron chi connectivity index (χ2n) is 9.39. The van der Waals surface area contributed by atoms with E-state index in [1.807, 2.05) is 50.2 Å². The average molecular weight is 491 g/mol. The molecule has 0 atom stereocenters. The highest BCUT2D eigenvalue weighted by Crippen LogP contribution is 2.53. The molecule has 2 aliphatic heterocycles. The van der Waals surface area contributed by atoms with Gasteiger partial charge in [0.25, 0.3) is 11.8 Å². The molecule has 37 heavy (non-hydrogen) atoms. The molecular formula is C33H24N2O2. The Morgan fingerprint density at radius 3 is 1.86 bits per heavy atom. The molecule has 0 saturated heterocycles. The summed E-state index contributed by atoms with van der Waals surface area (Å²) in [5, 5.41) is -0.436. The zero-order valence-corrected chi connectivity index (χ0v) is 19.8. The first-order valence-corrected chi connectivity index (χ1v) is 11.7. The zero-order valence-electron chi connectivity index (χ0n) is 29.8. The summed E-state index contributed by atoms with van der Waals surface area (Å²) in [6.07, 6.45) is 0. The fourth-order valence-electron chi connectivity index (χ4n) is 5.35. The Hall–Kier alpha value is -4.70. The van der Waals surface area contributed by atoms with Gasteiger partial charge in [0, 0.05) is 27.3 Å². The van der Waals surface area contributed by atoms with Crippen LogP contribution in [0.2, 0.25) is 0 Å². The molecule has 0 saturated carbocycles. The minimum absolute atomic E-state index is 0.0271. The van der Waals surface area contributed by atoms with Crippen LogP contribution in [0.4, 0.5) is 22.7 Å². The standard InChI is InChI=1S/C33H24N2O2/c1-33(2)25-15-6-8-17-28(25)35(29-18-9-7-16-26(29)33)27-20-19-24-30-22(27)13-10-14-23(30)31(36)34(32(24)37)21-11-4-3-5-12-21/h3-20H,1-2H3/i3D,4D,5D,10D,11D,12D,13D,14D,19D,20D. The Labute approximate surface area is 229 Å². The van der Waals surface area contributed by atoms with Crippen LogP contribution < -0.4 is 9.80 Å². The first-order valence-electron chi connectivity index (χ1n) is 16.7. The first-order chi connectivity index (χ1) is 22.1. The number of nitrogens with zero attached hydrogens (tertiary/aromatic N) is 2. The third-order valence-electron chi connectivity index (χ3n) is 7.07. The smallest absolute Gasteiger partial charge is 0.265 e. The topological polar surface area (TPSA) is 40.6 Å². The molecule has 4 nitrogen and oxygen atoms in total. The van der Waals surface area contributed by atoms with Crippen LogP contribution in [0.5, 0.6) is 0 Å². The van der Waals surface area contributed by atoms with Crippen molar-refractivity contribution in [3.05, 3.63) is 131 Å².